The number of hydrazone groups is 1. The van der Waals surface area contributed by atoms with Crippen LogP contribution in [0.4, 0.5) is 0 Å². The van der Waals surface area contributed by atoms with E-state index < -0.39 is 0 Å². The van der Waals surface area contributed by atoms with Gasteiger partial charge in [0.25, 0.3) is 0 Å². The van der Waals surface area contributed by atoms with Crippen molar-refractivity contribution in [3.05, 3.63) is 20.8 Å². The standard InChI is InChI=1S/C15H23BrN2OS/c1-2-3-4-5-6-7-8-9-15(19)18-17-12-13-10-11-14(16)20-13/h10-12H,2-9H2,1H3,(H,18,19). The van der Waals surface area contributed by atoms with Gasteiger partial charge in [0.15, 0.2) is 0 Å². The normalized spacial score (nSPS) is 11.1. The highest BCUT2D eigenvalue weighted by Gasteiger charge is 1.99. The van der Waals surface area contributed by atoms with E-state index in [0.29, 0.717) is 6.42 Å². The summed E-state index contributed by atoms with van der Waals surface area (Å²) in [6.45, 7) is 2.22. The second-order valence-electron chi connectivity index (χ2n) is 4.81. The SMILES string of the molecule is CCCCCCCCCC(=O)NN=Cc1ccc(Br)s1. The third-order valence-corrected chi connectivity index (χ3v) is 4.54. The Labute approximate surface area is 134 Å². The Balaban J connectivity index is 2.01. The largest absolute Gasteiger partial charge is 0.273 e. The van der Waals surface area contributed by atoms with E-state index >= 15 is 0 Å². The van der Waals surface area contributed by atoms with E-state index in [1.807, 2.05) is 12.1 Å². The summed E-state index contributed by atoms with van der Waals surface area (Å²) in [4.78, 5) is 12.6. The smallest absolute Gasteiger partial charge is 0.240 e. The first kappa shape index (κ1) is 17.4. The Morgan fingerprint density at radius 2 is 1.95 bits per heavy atom. The lowest BCUT2D eigenvalue weighted by Gasteiger charge is -2.01. The van der Waals surface area contributed by atoms with Gasteiger partial charge in [-0.2, -0.15) is 5.10 Å². The number of thiophene rings is 1. The second kappa shape index (κ2) is 11.0. The zero-order chi connectivity index (χ0) is 14.6. The molecular formula is C15H23BrN2OS. The Kier molecular flexibility index (Phi) is 9.58. The molecule has 1 N–H and O–H groups in total. The summed E-state index contributed by atoms with van der Waals surface area (Å²) in [6.07, 6.45) is 10.8. The van der Waals surface area contributed by atoms with Crippen LogP contribution >= 0.6 is 27.3 Å². The molecule has 0 aliphatic heterocycles. The highest BCUT2D eigenvalue weighted by Crippen LogP contribution is 2.20. The van der Waals surface area contributed by atoms with Crippen LogP contribution in [0.25, 0.3) is 0 Å². The van der Waals surface area contributed by atoms with Crippen molar-refractivity contribution in [2.75, 3.05) is 0 Å². The number of amides is 1. The van der Waals surface area contributed by atoms with Gasteiger partial charge in [-0.3, -0.25) is 4.79 Å². The van der Waals surface area contributed by atoms with Crippen LogP contribution in [0.15, 0.2) is 21.0 Å². The fourth-order valence-electron chi connectivity index (χ4n) is 1.86. The molecule has 0 saturated heterocycles. The molecule has 3 nitrogen and oxygen atoms in total. The van der Waals surface area contributed by atoms with Crippen LogP contribution in [-0.4, -0.2) is 12.1 Å². The van der Waals surface area contributed by atoms with Gasteiger partial charge in [-0.15, -0.1) is 11.3 Å². The Morgan fingerprint density at radius 3 is 2.60 bits per heavy atom. The van der Waals surface area contributed by atoms with E-state index in [2.05, 4.69) is 33.4 Å². The highest BCUT2D eigenvalue weighted by molar-refractivity contribution is 9.11. The molecule has 0 saturated carbocycles. The summed E-state index contributed by atoms with van der Waals surface area (Å²) in [6, 6.07) is 3.92. The van der Waals surface area contributed by atoms with Gasteiger partial charge in [-0.25, -0.2) is 5.43 Å². The Hall–Kier alpha value is -0.680. The predicted molar refractivity (Wildman–Crippen MR) is 90.4 cm³/mol. The van der Waals surface area contributed by atoms with E-state index in [-0.39, 0.29) is 5.91 Å². The van der Waals surface area contributed by atoms with Gasteiger partial charge in [-0.1, -0.05) is 45.4 Å². The molecule has 1 aromatic heterocycles. The zero-order valence-electron chi connectivity index (χ0n) is 12.0. The van der Waals surface area contributed by atoms with Crippen LogP contribution in [0.1, 0.15) is 63.2 Å². The lowest BCUT2D eigenvalue weighted by Crippen LogP contribution is -2.16. The third-order valence-electron chi connectivity index (χ3n) is 2.98. The molecule has 1 rings (SSSR count). The average Bonchev–Trinajstić information content (AvgIpc) is 2.83. The highest BCUT2D eigenvalue weighted by atomic mass is 79.9. The maximum absolute atomic E-state index is 11.5. The van der Waals surface area contributed by atoms with Gasteiger partial charge in [0.05, 0.1) is 10.0 Å². The first-order valence-corrected chi connectivity index (χ1v) is 8.90. The number of hydrogen-bond donors (Lipinski definition) is 1. The molecule has 1 aromatic rings. The number of unbranched alkanes of at least 4 members (excludes halogenated alkanes) is 6. The zero-order valence-corrected chi connectivity index (χ0v) is 14.4. The molecule has 0 fully saturated rings. The number of nitrogens with one attached hydrogen (secondary N) is 1. The van der Waals surface area contributed by atoms with Crippen molar-refractivity contribution in [2.45, 2.75) is 58.3 Å². The summed E-state index contributed by atoms with van der Waals surface area (Å²) >= 11 is 4.97. The predicted octanol–water partition coefficient (Wildman–Crippen LogP) is 5.10. The van der Waals surface area contributed by atoms with E-state index in [1.54, 1.807) is 17.6 Å². The maximum Gasteiger partial charge on any atom is 0.240 e. The lowest BCUT2D eigenvalue weighted by atomic mass is 10.1. The molecule has 5 heteroatoms. The van der Waals surface area contributed by atoms with Gasteiger partial charge < -0.3 is 0 Å². The second-order valence-corrected chi connectivity index (χ2v) is 7.30. The van der Waals surface area contributed by atoms with Crippen molar-refractivity contribution in [3.8, 4) is 0 Å². The van der Waals surface area contributed by atoms with Crippen LogP contribution in [0.3, 0.4) is 0 Å². The minimum Gasteiger partial charge on any atom is -0.273 e. The van der Waals surface area contributed by atoms with Gasteiger partial charge in [-0.05, 0) is 34.5 Å². The summed E-state index contributed by atoms with van der Waals surface area (Å²) in [5.41, 5.74) is 2.57. The van der Waals surface area contributed by atoms with Gasteiger partial charge >= 0.3 is 0 Å². The molecule has 0 spiro atoms. The summed E-state index contributed by atoms with van der Waals surface area (Å²) < 4.78 is 1.06. The van der Waals surface area contributed by atoms with E-state index in [0.717, 1.165) is 21.5 Å². The minimum atomic E-state index is 0.00503. The van der Waals surface area contributed by atoms with E-state index in [4.69, 9.17) is 0 Å². The first-order chi connectivity index (χ1) is 9.72. The van der Waals surface area contributed by atoms with Crippen LogP contribution < -0.4 is 5.43 Å². The van der Waals surface area contributed by atoms with Gasteiger partial charge in [0.2, 0.25) is 5.91 Å². The van der Waals surface area contributed by atoms with E-state index in [9.17, 15) is 4.79 Å². The van der Waals surface area contributed by atoms with Gasteiger partial charge in [0.1, 0.15) is 0 Å². The lowest BCUT2D eigenvalue weighted by molar-refractivity contribution is -0.121. The van der Waals surface area contributed by atoms with Crippen molar-refractivity contribution in [3.63, 3.8) is 0 Å². The summed E-state index contributed by atoms with van der Waals surface area (Å²) in [5.74, 6) is 0.00503. The minimum absolute atomic E-state index is 0.00503. The third kappa shape index (κ3) is 8.48. The fourth-order valence-corrected chi connectivity index (χ4v) is 3.16. The Morgan fingerprint density at radius 1 is 1.25 bits per heavy atom. The van der Waals surface area contributed by atoms with Crippen LogP contribution in [0, 0.1) is 0 Å². The molecule has 20 heavy (non-hydrogen) atoms. The molecule has 0 aliphatic rings. The van der Waals surface area contributed by atoms with Crippen molar-refractivity contribution in [1.82, 2.24) is 5.43 Å². The van der Waals surface area contributed by atoms with Crippen molar-refractivity contribution in [2.24, 2.45) is 5.10 Å². The average molecular weight is 359 g/mol. The molecule has 0 unspecified atom stereocenters. The maximum atomic E-state index is 11.5. The number of nitrogens with zero attached hydrogens (tertiary/aromatic N) is 1. The molecule has 0 radical (unpaired) electrons. The molecule has 1 heterocycles. The molecule has 0 aliphatic carbocycles. The number of carbonyl (C=O) groups excluding carboxylic acids is 1. The van der Waals surface area contributed by atoms with Gasteiger partial charge in [0, 0.05) is 11.3 Å². The number of carbonyl (C=O) groups is 1. The summed E-state index contributed by atoms with van der Waals surface area (Å²) in [7, 11) is 0. The molecule has 112 valence electrons. The van der Waals surface area contributed by atoms with Crippen LogP contribution in [-0.2, 0) is 4.79 Å². The molecule has 1 amide bonds. The van der Waals surface area contributed by atoms with Crippen molar-refractivity contribution < 1.29 is 4.79 Å². The van der Waals surface area contributed by atoms with E-state index in [1.165, 1.54) is 32.1 Å². The fraction of sp³-hybridized carbons (Fsp3) is 0.600. The van der Waals surface area contributed by atoms with Crippen molar-refractivity contribution in [1.29, 1.82) is 0 Å². The molecular weight excluding hydrogens is 336 g/mol. The van der Waals surface area contributed by atoms with Crippen LogP contribution in [0.2, 0.25) is 0 Å². The topological polar surface area (TPSA) is 41.5 Å². The monoisotopic (exact) mass is 358 g/mol. The van der Waals surface area contributed by atoms with Crippen molar-refractivity contribution >= 4 is 39.4 Å². The summed E-state index contributed by atoms with van der Waals surface area (Å²) in [5, 5.41) is 3.96. The first-order valence-electron chi connectivity index (χ1n) is 7.29. The molecule has 0 atom stereocenters. The Bertz CT molecular complexity index is 418. The number of hydrogen-bond acceptors (Lipinski definition) is 3. The molecule has 0 bridgehead atoms. The van der Waals surface area contributed by atoms with Crippen LogP contribution in [0.5, 0.6) is 0 Å². The number of rotatable bonds is 10. The molecule has 0 aromatic carbocycles. The number of halogens is 1. The quantitative estimate of drug-likeness (QED) is 0.352.